The van der Waals surface area contributed by atoms with Crippen molar-refractivity contribution in [2.24, 2.45) is 5.41 Å². The SMILES string of the molecule is C=C(CC)Cc1cc2c(cc1-c1ccc(F)c(C(=C)NC(=C)CC)c1)C(C(=C)C(C)(C)C)=C(c1ccc(F)cc1)C2. The maximum Gasteiger partial charge on any atom is 0.132 e. The lowest BCUT2D eigenvalue weighted by Crippen LogP contribution is -2.11. The van der Waals surface area contributed by atoms with E-state index in [2.05, 4.69) is 71.5 Å². The van der Waals surface area contributed by atoms with E-state index in [4.69, 9.17) is 0 Å². The predicted octanol–water partition coefficient (Wildman–Crippen LogP) is 10.7. The molecule has 0 aliphatic heterocycles. The van der Waals surface area contributed by atoms with Crippen molar-refractivity contribution >= 4 is 16.8 Å². The fourth-order valence-electron chi connectivity index (χ4n) is 5.24. The van der Waals surface area contributed by atoms with Crippen LogP contribution in [0, 0.1) is 17.0 Å². The molecule has 0 amide bonds. The normalized spacial score (nSPS) is 12.8. The highest BCUT2D eigenvalue weighted by atomic mass is 19.1. The number of fused-ring (bicyclic) bond motifs is 1. The van der Waals surface area contributed by atoms with E-state index in [1.165, 1.54) is 23.8 Å². The van der Waals surface area contributed by atoms with Crippen LogP contribution in [0.2, 0.25) is 0 Å². The van der Waals surface area contributed by atoms with Gasteiger partial charge < -0.3 is 5.32 Å². The molecule has 3 heteroatoms. The predicted molar refractivity (Wildman–Crippen MR) is 172 cm³/mol. The van der Waals surface area contributed by atoms with Crippen LogP contribution in [0.5, 0.6) is 0 Å². The molecule has 4 rings (SSSR count). The van der Waals surface area contributed by atoms with E-state index in [-0.39, 0.29) is 17.0 Å². The average Bonchev–Trinajstić information content (AvgIpc) is 3.30. The molecular formula is C38H41F2N. The highest BCUT2D eigenvalue weighted by Crippen LogP contribution is 2.48. The van der Waals surface area contributed by atoms with Crippen LogP contribution in [-0.2, 0) is 12.8 Å². The second-order valence-electron chi connectivity index (χ2n) is 12.0. The van der Waals surface area contributed by atoms with Crippen LogP contribution in [0.4, 0.5) is 8.78 Å². The minimum atomic E-state index is -0.337. The number of hydrogen-bond donors (Lipinski definition) is 1. The summed E-state index contributed by atoms with van der Waals surface area (Å²) in [6.45, 7) is 27.5. The summed E-state index contributed by atoms with van der Waals surface area (Å²) in [6.07, 6.45) is 3.04. The molecule has 0 aromatic heterocycles. The van der Waals surface area contributed by atoms with Gasteiger partial charge in [0, 0.05) is 17.0 Å². The minimum Gasteiger partial charge on any atom is -0.359 e. The highest BCUT2D eigenvalue weighted by Gasteiger charge is 2.30. The van der Waals surface area contributed by atoms with Gasteiger partial charge in [-0.25, -0.2) is 8.78 Å². The minimum absolute atomic E-state index is 0.175. The Balaban J connectivity index is 1.95. The van der Waals surface area contributed by atoms with Crippen LogP contribution in [-0.4, -0.2) is 0 Å². The van der Waals surface area contributed by atoms with Crippen molar-refractivity contribution in [3.63, 3.8) is 0 Å². The van der Waals surface area contributed by atoms with Crippen molar-refractivity contribution in [1.82, 2.24) is 5.32 Å². The summed E-state index contributed by atoms with van der Waals surface area (Å²) in [5.74, 6) is -0.592. The maximum atomic E-state index is 15.1. The van der Waals surface area contributed by atoms with Gasteiger partial charge in [-0.2, -0.15) is 0 Å². The topological polar surface area (TPSA) is 12.0 Å². The molecule has 41 heavy (non-hydrogen) atoms. The smallest absolute Gasteiger partial charge is 0.132 e. The van der Waals surface area contributed by atoms with Crippen molar-refractivity contribution < 1.29 is 8.78 Å². The first kappa shape index (κ1) is 30.0. The van der Waals surface area contributed by atoms with E-state index >= 15 is 4.39 Å². The molecule has 0 radical (unpaired) electrons. The van der Waals surface area contributed by atoms with E-state index in [1.807, 2.05) is 31.2 Å². The molecule has 212 valence electrons. The molecule has 0 saturated heterocycles. The molecule has 0 unspecified atom stereocenters. The third-order valence-electron chi connectivity index (χ3n) is 7.96. The van der Waals surface area contributed by atoms with Crippen molar-refractivity contribution in [2.45, 2.75) is 60.3 Å². The second-order valence-corrected chi connectivity index (χ2v) is 12.0. The van der Waals surface area contributed by atoms with Gasteiger partial charge in [0.25, 0.3) is 0 Å². The molecule has 1 aliphatic carbocycles. The first-order valence-corrected chi connectivity index (χ1v) is 14.3. The molecule has 3 aromatic rings. The van der Waals surface area contributed by atoms with Gasteiger partial charge >= 0.3 is 0 Å². The Hall–Kier alpha value is -3.98. The fraction of sp³-hybridized carbons (Fsp3) is 0.263. The highest BCUT2D eigenvalue weighted by molar-refractivity contribution is 6.04. The van der Waals surface area contributed by atoms with Gasteiger partial charge in [0.15, 0.2) is 0 Å². The molecule has 0 spiro atoms. The van der Waals surface area contributed by atoms with E-state index in [9.17, 15) is 4.39 Å². The standard InChI is InChI=1S/C38H41F2N/c1-10-23(3)18-29-19-30-21-34(27-12-15-31(39)16-13-27)37(25(5)38(7,8)9)35(30)22-33(29)28-14-17-36(40)32(20-28)26(6)41-24(4)11-2/h12-17,19-20,22,41H,3-6,10-11,18,21H2,1-2,7-9H3. The summed E-state index contributed by atoms with van der Waals surface area (Å²) in [4.78, 5) is 0. The largest absolute Gasteiger partial charge is 0.359 e. The Kier molecular flexibility index (Phi) is 8.68. The van der Waals surface area contributed by atoms with Gasteiger partial charge in [-0.15, -0.1) is 0 Å². The fourth-order valence-corrected chi connectivity index (χ4v) is 5.24. The van der Waals surface area contributed by atoms with Crippen molar-refractivity contribution in [3.8, 4) is 11.1 Å². The van der Waals surface area contributed by atoms with Crippen LogP contribution in [0.15, 0.2) is 97.8 Å². The molecule has 0 bridgehead atoms. The third-order valence-corrected chi connectivity index (χ3v) is 7.96. The van der Waals surface area contributed by atoms with Gasteiger partial charge in [0.05, 0.1) is 0 Å². The van der Waals surface area contributed by atoms with Crippen LogP contribution in [0.3, 0.4) is 0 Å². The first-order valence-electron chi connectivity index (χ1n) is 14.3. The number of halogens is 2. The average molecular weight is 550 g/mol. The van der Waals surface area contributed by atoms with Crippen molar-refractivity contribution in [3.05, 3.63) is 137 Å². The second kappa shape index (κ2) is 11.9. The molecule has 0 saturated carbocycles. The van der Waals surface area contributed by atoms with Crippen molar-refractivity contribution in [1.29, 1.82) is 0 Å². The third kappa shape index (κ3) is 6.35. The Morgan fingerprint density at radius 3 is 2.10 bits per heavy atom. The lowest BCUT2D eigenvalue weighted by Gasteiger charge is -2.26. The Labute approximate surface area is 244 Å². The van der Waals surface area contributed by atoms with Crippen LogP contribution in [0.25, 0.3) is 28.0 Å². The summed E-state index contributed by atoms with van der Waals surface area (Å²) in [6, 6.07) is 16.4. The molecule has 1 N–H and O–H groups in total. The van der Waals surface area contributed by atoms with Gasteiger partial charge in [0.2, 0.25) is 0 Å². The molecule has 0 atom stereocenters. The molecule has 3 aromatic carbocycles. The zero-order valence-corrected chi connectivity index (χ0v) is 25.1. The lowest BCUT2D eigenvalue weighted by molar-refractivity contribution is 0.523. The first-order chi connectivity index (χ1) is 19.3. The summed E-state index contributed by atoms with van der Waals surface area (Å²) < 4.78 is 28.9. The number of rotatable bonds is 10. The number of nitrogens with one attached hydrogen (secondary N) is 1. The zero-order valence-electron chi connectivity index (χ0n) is 25.1. The summed E-state index contributed by atoms with van der Waals surface area (Å²) in [5, 5.41) is 3.14. The quantitative estimate of drug-likeness (QED) is 0.248. The number of benzene rings is 3. The van der Waals surface area contributed by atoms with Gasteiger partial charge in [-0.3, -0.25) is 0 Å². The van der Waals surface area contributed by atoms with E-state index in [1.54, 1.807) is 0 Å². The van der Waals surface area contributed by atoms with Crippen LogP contribution < -0.4 is 5.32 Å². The Morgan fingerprint density at radius 1 is 0.829 bits per heavy atom. The monoisotopic (exact) mass is 549 g/mol. The molecule has 0 heterocycles. The number of hydrogen-bond acceptors (Lipinski definition) is 1. The van der Waals surface area contributed by atoms with Gasteiger partial charge in [-0.05, 0) is 112 Å². The molecule has 0 fully saturated rings. The van der Waals surface area contributed by atoms with Gasteiger partial charge in [0.1, 0.15) is 11.6 Å². The Bertz CT molecular complexity index is 1580. The van der Waals surface area contributed by atoms with E-state index < -0.39 is 0 Å². The van der Waals surface area contributed by atoms with E-state index in [0.29, 0.717) is 11.3 Å². The molecular weight excluding hydrogens is 508 g/mol. The van der Waals surface area contributed by atoms with E-state index in [0.717, 1.165) is 81.5 Å². The van der Waals surface area contributed by atoms with Crippen LogP contribution >= 0.6 is 0 Å². The lowest BCUT2D eigenvalue weighted by atomic mass is 9.79. The number of allylic oxidation sites excluding steroid dienone is 5. The van der Waals surface area contributed by atoms with Crippen LogP contribution in [0.1, 0.15) is 75.3 Å². The summed E-state index contributed by atoms with van der Waals surface area (Å²) >= 11 is 0. The van der Waals surface area contributed by atoms with Crippen molar-refractivity contribution in [2.75, 3.05) is 0 Å². The summed E-state index contributed by atoms with van der Waals surface area (Å²) in [5.41, 5.74) is 12.3. The Morgan fingerprint density at radius 2 is 1.49 bits per heavy atom. The maximum absolute atomic E-state index is 15.1. The molecule has 1 aliphatic rings. The zero-order chi connectivity index (χ0) is 30.1. The summed E-state index contributed by atoms with van der Waals surface area (Å²) in [7, 11) is 0. The molecule has 1 nitrogen and oxygen atoms in total. The van der Waals surface area contributed by atoms with Gasteiger partial charge in [-0.1, -0.05) is 90.8 Å².